The molecule has 0 aromatic carbocycles. The van der Waals surface area contributed by atoms with Crippen molar-refractivity contribution in [3.63, 3.8) is 0 Å². The van der Waals surface area contributed by atoms with Gasteiger partial charge in [0.15, 0.2) is 0 Å². The van der Waals surface area contributed by atoms with Crippen LogP contribution in [0.4, 0.5) is 11.8 Å². The molecule has 0 bridgehead atoms. The van der Waals surface area contributed by atoms with Crippen molar-refractivity contribution < 1.29 is 0 Å². The van der Waals surface area contributed by atoms with Crippen molar-refractivity contribution in [1.29, 1.82) is 0 Å². The summed E-state index contributed by atoms with van der Waals surface area (Å²) in [6, 6.07) is 2.24. The van der Waals surface area contributed by atoms with Gasteiger partial charge >= 0.3 is 0 Å². The molecule has 0 aliphatic heterocycles. The molecular formula is C11H20N4. The molecule has 1 atom stereocenters. The van der Waals surface area contributed by atoms with E-state index in [0.29, 0.717) is 12.0 Å². The molecule has 1 rings (SSSR count). The minimum Gasteiger partial charge on any atom is -0.367 e. The monoisotopic (exact) mass is 208 g/mol. The van der Waals surface area contributed by atoms with E-state index in [4.69, 9.17) is 0 Å². The van der Waals surface area contributed by atoms with Crippen molar-refractivity contribution in [2.24, 2.45) is 5.41 Å². The Morgan fingerprint density at radius 1 is 1.33 bits per heavy atom. The van der Waals surface area contributed by atoms with E-state index in [2.05, 4.69) is 48.3 Å². The van der Waals surface area contributed by atoms with Gasteiger partial charge in [-0.05, 0) is 18.4 Å². The Balaban J connectivity index is 2.72. The Hall–Kier alpha value is -1.32. The molecule has 4 nitrogen and oxygen atoms in total. The van der Waals surface area contributed by atoms with Gasteiger partial charge in [0.05, 0.1) is 0 Å². The third kappa shape index (κ3) is 3.38. The standard InChI is InChI=1S/C11H20N4/c1-8(11(2,3)4)14-9-6-7-13-10(12-5)15-9/h6-8H,1-5H3,(H2,12,13,14,15). The van der Waals surface area contributed by atoms with Crippen molar-refractivity contribution in [3.8, 4) is 0 Å². The molecule has 84 valence electrons. The van der Waals surface area contributed by atoms with Gasteiger partial charge in [0, 0.05) is 19.3 Å². The fourth-order valence-corrected chi connectivity index (χ4v) is 0.998. The third-order valence-electron chi connectivity index (χ3n) is 2.54. The molecular weight excluding hydrogens is 188 g/mol. The van der Waals surface area contributed by atoms with Crippen molar-refractivity contribution in [1.82, 2.24) is 9.97 Å². The maximum absolute atomic E-state index is 4.31. The minimum absolute atomic E-state index is 0.213. The molecule has 0 saturated carbocycles. The van der Waals surface area contributed by atoms with Gasteiger partial charge in [0.25, 0.3) is 0 Å². The molecule has 0 aliphatic carbocycles. The van der Waals surface area contributed by atoms with E-state index < -0.39 is 0 Å². The molecule has 0 amide bonds. The first kappa shape index (κ1) is 11.8. The van der Waals surface area contributed by atoms with E-state index in [1.54, 1.807) is 6.20 Å². The van der Waals surface area contributed by atoms with Gasteiger partial charge in [0.2, 0.25) is 5.95 Å². The van der Waals surface area contributed by atoms with Gasteiger partial charge in [0.1, 0.15) is 5.82 Å². The lowest BCUT2D eigenvalue weighted by Crippen LogP contribution is -2.31. The highest BCUT2D eigenvalue weighted by Crippen LogP contribution is 2.21. The second-order valence-electron chi connectivity index (χ2n) is 4.75. The summed E-state index contributed by atoms with van der Waals surface area (Å²) in [5.41, 5.74) is 0.213. The summed E-state index contributed by atoms with van der Waals surface area (Å²) in [6.07, 6.45) is 1.75. The first-order valence-electron chi connectivity index (χ1n) is 5.21. The Morgan fingerprint density at radius 3 is 2.53 bits per heavy atom. The van der Waals surface area contributed by atoms with Crippen LogP contribution in [0, 0.1) is 5.41 Å². The topological polar surface area (TPSA) is 49.8 Å². The van der Waals surface area contributed by atoms with Crippen molar-refractivity contribution in [3.05, 3.63) is 12.3 Å². The molecule has 1 aromatic rings. The average molecular weight is 208 g/mol. The van der Waals surface area contributed by atoms with Gasteiger partial charge < -0.3 is 10.6 Å². The predicted molar refractivity (Wildman–Crippen MR) is 64.1 cm³/mol. The molecule has 15 heavy (non-hydrogen) atoms. The molecule has 0 spiro atoms. The Kier molecular flexibility index (Phi) is 3.50. The molecule has 1 heterocycles. The van der Waals surface area contributed by atoms with Gasteiger partial charge in [-0.25, -0.2) is 4.98 Å². The highest BCUT2D eigenvalue weighted by Gasteiger charge is 2.19. The average Bonchev–Trinajstić information content (AvgIpc) is 2.16. The summed E-state index contributed by atoms with van der Waals surface area (Å²) >= 11 is 0. The van der Waals surface area contributed by atoms with E-state index in [0.717, 1.165) is 5.82 Å². The summed E-state index contributed by atoms with van der Waals surface area (Å²) in [7, 11) is 1.81. The molecule has 1 aromatic heterocycles. The number of anilines is 2. The van der Waals surface area contributed by atoms with Crippen LogP contribution in [-0.4, -0.2) is 23.1 Å². The summed E-state index contributed by atoms with van der Waals surface area (Å²) < 4.78 is 0. The number of hydrogen-bond donors (Lipinski definition) is 2. The second-order valence-corrected chi connectivity index (χ2v) is 4.75. The van der Waals surface area contributed by atoms with Crippen LogP contribution < -0.4 is 10.6 Å². The summed E-state index contributed by atoms with van der Waals surface area (Å²) in [4.78, 5) is 8.38. The Bertz CT molecular complexity index is 317. The molecule has 0 radical (unpaired) electrons. The number of nitrogens with one attached hydrogen (secondary N) is 2. The van der Waals surface area contributed by atoms with E-state index in [-0.39, 0.29) is 5.41 Å². The maximum atomic E-state index is 4.31. The lowest BCUT2D eigenvalue weighted by Gasteiger charge is -2.28. The van der Waals surface area contributed by atoms with Crippen LogP contribution in [0.25, 0.3) is 0 Å². The highest BCUT2D eigenvalue weighted by molar-refractivity contribution is 5.40. The lowest BCUT2D eigenvalue weighted by molar-refractivity contribution is 0.359. The number of aromatic nitrogens is 2. The molecule has 2 N–H and O–H groups in total. The van der Waals surface area contributed by atoms with E-state index >= 15 is 0 Å². The van der Waals surface area contributed by atoms with Crippen LogP contribution in [0.3, 0.4) is 0 Å². The van der Waals surface area contributed by atoms with Crippen LogP contribution in [0.1, 0.15) is 27.7 Å². The normalized spacial score (nSPS) is 13.4. The van der Waals surface area contributed by atoms with Crippen molar-refractivity contribution >= 4 is 11.8 Å². The summed E-state index contributed by atoms with van der Waals surface area (Å²) in [5, 5.41) is 6.28. The first-order valence-corrected chi connectivity index (χ1v) is 5.21. The lowest BCUT2D eigenvalue weighted by atomic mass is 9.88. The third-order valence-corrected chi connectivity index (χ3v) is 2.54. The van der Waals surface area contributed by atoms with E-state index in [1.807, 2.05) is 13.1 Å². The first-order chi connectivity index (χ1) is 6.93. The van der Waals surface area contributed by atoms with Crippen LogP contribution in [0.5, 0.6) is 0 Å². The molecule has 0 aliphatic rings. The zero-order valence-corrected chi connectivity index (χ0v) is 10.1. The van der Waals surface area contributed by atoms with Gasteiger partial charge in [-0.3, -0.25) is 0 Å². The molecule has 0 fully saturated rings. The minimum atomic E-state index is 0.213. The largest absolute Gasteiger partial charge is 0.367 e. The van der Waals surface area contributed by atoms with Crippen LogP contribution in [0.2, 0.25) is 0 Å². The van der Waals surface area contributed by atoms with E-state index in [9.17, 15) is 0 Å². The van der Waals surface area contributed by atoms with Crippen molar-refractivity contribution in [2.45, 2.75) is 33.7 Å². The summed E-state index contributed by atoms with van der Waals surface area (Å²) in [5.74, 6) is 1.50. The van der Waals surface area contributed by atoms with Crippen LogP contribution in [0.15, 0.2) is 12.3 Å². The van der Waals surface area contributed by atoms with Crippen LogP contribution in [-0.2, 0) is 0 Å². The zero-order chi connectivity index (χ0) is 11.5. The second kappa shape index (κ2) is 4.47. The van der Waals surface area contributed by atoms with Crippen molar-refractivity contribution in [2.75, 3.05) is 17.7 Å². The fraction of sp³-hybridized carbons (Fsp3) is 0.636. The smallest absolute Gasteiger partial charge is 0.224 e. The van der Waals surface area contributed by atoms with Gasteiger partial charge in [-0.2, -0.15) is 4.98 Å². The zero-order valence-electron chi connectivity index (χ0n) is 10.1. The molecule has 1 unspecified atom stereocenters. The maximum Gasteiger partial charge on any atom is 0.224 e. The fourth-order valence-electron chi connectivity index (χ4n) is 0.998. The number of nitrogens with zero attached hydrogens (tertiary/aromatic N) is 2. The van der Waals surface area contributed by atoms with Gasteiger partial charge in [-0.15, -0.1) is 0 Å². The quantitative estimate of drug-likeness (QED) is 0.800. The Labute approximate surface area is 91.5 Å². The SMILES string of the molecule is CNc1nccc(NC(C)C(C)(C)C)n1. The number of rotatable bonds is 3. The van der Waals surface area contributed by atoms with E-state index in [1.165, 1.54) is 0 Å². The highest BCUT2D eigenvalue weighted by atomic mass is 15.1. The van der Waals surface area contributed by atoms with Gasteiger partial charge in [-0.1, -0.05) is 20.8 Å². The molecule has 4 heteroatoms. The van der Waals surface area contributed by atoms with Crippen LogP contribution >= 0.6 is 0 Å². The predicted octanol–water partition coefficient (Wildman–Crippen LogP) is 2.36. The summed E-state index contributed by atoms with van der Waals surface area (Å²) in [6.45, 7) is 8.75. The number of hydrogen-bond acceptors (Lipinski definition) is 4. The molecule has 0 saturated heterocycles. The Morgan fingerprint density at radius 2 is 2.00 bits per heavy atom.